The third-order valence-electron chi connectivity index (χ3n) is 1.94. The van der Waals surface area contributed by atoms with E-state index in [1.165, 1.54) is 0 Å². The maximum absolute atomic E-state index is 11.7. The lowest BCUT2D eigenvalue weighted by atomic mass is 10.2. The van der Waals surface area contributed by atoms with Gasteiger partial charge in [-0.25, -0.2) is 0 Å². The van der Waals surface area contributed by atoms with Crippen molar-refractivity contribution in [1.82, 2.24) is 10.3 Å². The van der Waals surface area contributed by atoms with Crippen molar-refractivity contribution in [3.05, 3.63) is 27.9 Å². The predicted molar refractivity (Wildman–Crippen MR) is 66.0 cm³/mol. The lowest BCUT2D eigenvalue weighted by Crippen LogP contribution is -2.26. The predicted octanol–water partition coefficient (Wildman–Crippen LogP) is 0.665. The molecule has 0 unspecified atom stereocenters. The molecule has 0 aliphatic rings. The van der Waals surface area contributed by atoms with Gasteiger partial charge in [0.15, 0.2) is 6.20 Å². The number of thioether (sulfide) groups is 1. The fraction of sp³-hybridized carbons (Fsp3) is 0.333. The summed E-state index contributed by atoms with van der Waals surface area (Å²) in [6.07, 6.45) is 3.03. The highest BCUT2D eigenvalue weighted by Crippen LogP contribution is 2.16. The van der Waals surface area contributed by atoms with Gasteiger partial charge >= 0.3 is 5.82 Å². The quantitative estimate of drug-likeness (QED) is 0.455. The van der Waals surface area contributed by atoms with E-state index in [-0.39, 0.29) is 11.3 Å². The van der Waals surface area contributed by atoms with Crippen molar-refractivity contribution in [1.29, 1.82) is 0 Å². The highest BCUT2D eigenvalue weighted by molar-refractivity contribution is 7.98. The van der Waals surface area contributed by atoms with E-state index in [9.17, 15) is 14.9 Å². The van der Waals surface area contributed by atoms with Crippen LogP contribution in [-0.2, 0) is 0 Å². The third kappa shape index (κ3) is 3.59. The van der Waals surface area contributed by atoms with E-state index in [0.717, 1.165) is 18.0 Å². The SMILES string of the molecule is CSCCNC(=O)c1cc([N+](=O)[O-])ncc1N. The Morgan fingerprint density at radius 2 is 2.41 bits per heavy atom. The van der Waals surface area contributed by atoms with Crippen LogP contribution in [0.1, 0.15) is 10.4 Å². The molecule has 0 bridgehead atoms. The smallest absolute Gasteiger partial charge is 0.364 e. The van der Waals surface area contributed by atoms with Gasteiger partial charge < -0.3 is 21.2 Å². The van der Waals surface area contributed by atoms with Crippen LogP contribution in [0.15, 0.2) is 12.3 Å². The summed E-state index contributed by atoms with van der Waals surface area (Å²) >= 11 is 1.58. The van der Waals surface area contributed by atoms with Crippen LogP contribution in [0.4, 0.5) is 11.5 Å². The van der Waals surface area contributed by atoms with E-state index in [2.05, 4.69) is 10.3 Å². The van der Waals surface area contributed by atoms with Crippen LogP contribution >= 0.6 is 11.8 Å². The summed E-state index contributed by atoms with van der Waals surface area (Å²) < 4.78 is 0. The van der Waals surface area contributed by atoms with Gasteiger partial charge in [0.2, 0.25) is 0 Å². The van der Waals surface area contributed by atoms with Crippen molar-refractivity contribution in [2.24, 2.45) is 0 Å². The Balaban J connectivity index is 2.84. The molecule has 3 N–H and O–H groups in total. The number of nitrogens with zero attached hydrogens (tertiary/aromatic N) is 2. The van der Waals surface area contributed by atoms with E-state index in [4.69, 9.17) is 5.73 Å². The summed E-state index contributed by atoms with van der Waals surface area (Å²) in [4.78, 5) is 25.0. The molecule has 0 aromatic carbocycles. The Morgan fingerprint density at radius 1 is 1.71 bits per heavy atom. The van der Waals surface area contributed by atoms with Gasteiger partial charge in [0.05, 0.1) is 17.3 Å². The topological polar surface area (TPSA) is 111 Å². The molecular weight excluding hydrogens is 244 g/mol. The molecule has 0 fully saturated rings. The number of rotatable bonds is 5. The molecule has 0 aliphatic carbocycles. The van der Waals surface area contributed by atoms with Crippen LogP contribution in [0.25, 0.3) is 0 Å². The van der Waals surface area contributed by atoms with Gasteiger partial charge in [-0.05, 0) is 16.2 Å². The Kier molecular flexibility index (Phi) is 4.70. The molecule has 8 heteroatoms. The van der Waals surface area contributed by atoms with E-state index in [0.29, 0.717) is 6.54 Å². The molecule has 1 aromatic heterocycles. The molecular formula is C9H12N4O3S. The molecule has 0 spiro atoms. The number of nitro groups is 1. The fourth-order valence-corrected chi connectivity index (χ4v) is 1.42. The molecule has 0 atom stereocenters. The van der Waals surface area contributed by atoms with Gasteiger partial charge in [-0.3, -0.25) is 4.79 Å². The molecule has 92 valence electrons. The average Bonchev–Trinajstić information content (AvgIpc) is 2.29. The van der Waals surface area contributed by atoms with Crippen LogP contribution in [-0.4, -0.2) is 34.4 Å². The second-order valence-electron chi connectivity index (χ2n) is 3.14. The number of nitrogens with one attached hydrogen (secondary N) is 1. The van der Waals surface area contributed by atoms with E-state index < -0.39 is 16.6 Å². The Morgan fingerprint density at radius 3 is 3.00 bits per heavy atom. The zero-order chi connectivity index (χ0) is 12.8. The van der Waals surface area contributed by atoms with Crippen LogP contribution < -0.4 is 11.1 Å². The first-order valence-electron chi connectivity index (χ1n) is 4.73. The first kappa shape index (κ1) is 13.2. The number of nitrogen functional groups attached to an aromatic ring is 1. The number of hydrogen-bond acceptors (Lipinski definition) is 6. The van der Waals surface area contributed by atoms with Gasteiger partial charge in [-0.1, -0.05) is 0 Å². The molecule has 7 nitrogen and oxygen atoms in total. The Labute approximate surface area is 102 Å². The summed E-state index contributed by atoms with van der Waals surface area (Å²) in [6, 6.07) is 1.07. The van der Waals surface area contributed by atoms with Crippen molar-refractivity contribution in [3.63, 3.8) is 0 Å². The Hall–Kier alpha value is -1.83. The second kappa shape index (κ2) is 6.04. The van der Waals surface area contributed by atoms with E-state index >= 15 is 0 Å². The third-order valence-corrected chi connectivity index (χ3v) is 2.56. The van der Waals surface area contributed by atoms with Crippen LogP contribution in [0.5, 0.6) is 0 Å². The van der Waals surface area contributed by atoms with Gasteiger partial charge in [-0.2, -0.15) is 11.8 Å². The summed E-state index contributed by atoms with van der Waals surface area (Å²) in [5, 5.41) is 13.1. The maximum atomic E-state index is 11.7. The monoisotopic (exact) mass is 256 g/mol. The van der Waals surface area contributed by atoms with E-state index in [1.54, 1.807) is 11.8 Å². The van der Waals surface area contributed by atoms with Gasteiger partial charge in [0.25, 0.3) is 5.91 Å². The van der Waals surface area contributed by atoms with Crippen LogP contribution in [0.3, 0.4) is 0 Å². The number of pyridine rings is 1. The second-order valence-corrected chi connectivity index (χ2v) is 4.12. The van der Waals surface area contributed by atoms with Crippen LogP contribution in [0.2, 0.25) is 0 Å². The van der Waals surface area contributed by atoms with Crippen molar-refractivity contribution >= 4 is 29.2 Å². The minimum atomic E-state index is -0.669. The zero-order valence-corrected chi connectivity index (χ0v) is 9.99. The average molecular weight is 256 g/mol. The standard InChI is InChI=1S/C9H12N4O3S/c1-17-3-2-11-9(14)6-4-8(13(15)16)12-5-7(6)10/h4-5H,2-3,10H2,1H3,(H,11,14). The molecule has 0 saturated heterocycles. The number of carbonyl (C=O) groups is 1. The first-order valence-corrected chi connectivity index (χ1v) is 6.12. The molecule has 1 rings (SSSR count). The van der Waals surface area contributed by atoms with Crippen LogP contribution in [0, 0.1) is 10.1 Å². The van der Waals surface area contributed by atoms with Crippen molar-refractivity contribution in [3.8, 4) is 0 Å². The fourth-order valence-electron chi connectivity index (χ4n) is 1.11. The Bertz CT molecular complexity index is 438. The number of anilines is 1. The summed E-state index contributed by atoms with van der Waals surface area (Å²) in [5.41, 5.74) is 5.74. The largest absolute Gasteiger partial charge is 0.395 e. The van der Waals surface area contributed by atoms with Gasteiger partial charge in [-0.15, -0.1) is 0 Å². The molecule has 0 radical (unpaired) electrons. The number of carbonyl (C=O) groups excluding carboxylic acids is 1. The van der Waals surface area contributed by atoms with Crippen molar-refractivity contribution in [2.45, 2.75) is 0 Å². The van der Waals surface area contributed by atoms with Crippen molar-refractivity contribution < 1.29 is 9.72 Å². The van der Waals surface area contributed by atoms with Gasteiger partial charge in [0, 0.05) is 12.3 Å². The van der Waals surface area contributed by atoms with E-state index in [1.807, 2.05) is 6.26 Å². The molecule has 1 amide bonds. The highest BCUT2D eigenvalue weighted by Gasteiger charge is 2.16. The zero-order valence-electron chi connectivity index (χ0n) is 9.17. The number of amides is 1. The van der Waals surface area contributed by atoms with Crippen molar-refractivity contribution in [2.75, 3.05) is 24.3 Å². The summed E-state index contributed by atoms with van der Waals surface area (Å²) in [7, 11) is 0. The normalized spacial score (nSPS) is 9.94. The minimum absolute atomic E-state index is 0.0767. The lowest BCUT2D eigenvalue weighted by Gasteiger charge is -2.05. The first-order chi connectivity index (χ1) is 8.06. The highest BCUT2D eigenvalue weighted by atomic mass is 32.2. The molecule has 17 heavy (non-hydrogen) atoms. The lowest BCUT2D eigenvalue weighted by molar-refractivity contribution is -0.389. The summed E-state index contributed by atoms with van der Waals surface area (Å²) in [5.74, 6) is -0.0602. The molecule has 1 heterocycles. The number of hydrogen-bond donors (Lipinski definition) is 2. The molecule has 0 aliphatic heterocycles. The number of nitrogens with two attached hydrogens (primary N) is 1. The maximum Gasteiger partial charge on any atom is 0.364 e. The van der Waals surface area contributed by atoms with Gasteiger partial charge in [0.1, 0.15) is 0 Å². The number of aromatic nitrogens is 1. The molecule has 0 saturated carbocycles. The summed E-state index contributed by atoms with van der Waals surface area (Å²) in [6.45, 7) is 0.482. The molecule has 1 aromatic rings. The minimum Gasteiger partial charge on any atom is -0.395 e.